The number of nitrogens with zero attached hydrogens (tertiary/aromatic N) is 3. The molecule has 25 heavy (non-hydrogen) atoms. The van der Waals surface area contributed by atoms with E-state index in [2.05, 4.69) is 10.4 Å². The van der Waals surface area contributed by atoms with Gasteiger partial charge in [0.1, 0.15) is 6.61 Å². The van der Waals surface area contributed by atoms with Gasteiger partial charge in [-0.25, -0.2) is 0 Å². The van der Waals surface area contributed by atoms with Crippen molar-refractivity contribution in [1.29, 1.82) is 0 Å². The molecule has 0 saturated carbocycles. The number of benzene rings is 1. The number of nitrogens with one attached hydrogen (secondary N) is 1. The second-order valence-electron chi connectivity index (χ2n) is 6.10. The maximum absolute atomic E-state index is 12.6. The van der Waals surface area contributed by atoms with Crippen LogP contribution in [0, 0.1) is 0 Å². The summed E-state index contributed by atoms with van der Waals surface area (Å²) in [5.41, 5.74) is 2.85. The standard InChI is InChI=1S/C19H20N4O2/c24-19(16-6-8-20-9-7-16)22-10-11-23-17(13-22)12-18(21-23)25-14-15-4-2-1-3-5-15/h1-8,12,20H,9-11,13-14H2. The zero-order valence-electron chi connectivity index (χ0n) is 13.9. The van der Waals surface area contributed by atoms with Gasteiger partial charge in [-0.1, -0.05) is 36.4 Å². The number of dihydropyridines is 1. The third kappa shape index (κ3) is 3.42. The number of carbonyl (C=O) groups excluding carboxylic acids is 1. The Hall–Kier alpha value is -3.02. The number of rotatable bonds is 4. The molecule has 2 aromatic rings. The zero-order chi connectivity index (χ0) is 17.1. The summed E-state index contributed by atoms with van der Waals surface area (Å²) >= 11 is 0. The van der Waals surface area contributed by atoms with Crippen LogP contribution in [0.25, 0.3) is 0 Å². The summed E-state index contributed by atoms with van der Waals surface area (Å²) in [6, 6.07) is 11.9. The molecule has 0 saturated heterocycles. The largest absolute Gasteiger partial charge is 0.472 e. The van der Waals surface area contributed by atoms with E-state index in [1.807, 2.05) is 64.3 Å². The monoisotopic (exact) mass is 336 g/mol. The maximum Gasteiger partial charge on any atom is 0.254 e. The Morgan fingerprint density at radius 2 is 2.12 bits per heavy atom. The van der Waals surface area contributed by atoms with Crippen LogP contribution >= 0.6 is 0 Å². The van der Waals surface area contributed by atoms with Crippen LogP contribution in [0.5, 0.6) is 5.88 Å². The van der Waals surface area contributed by atoms with Crippen LogP contribution in [0.3, 0.4) is 0 Å². The quantitative estimate of drug-likeness (QED) is 0.926. The van der Waals surface area contributed by atoms with Crippen LogP contribution in [0.15, 0.2) is 60.3 Å². The normalized spacial score (nSPS) is 16.0. The smallest absolute Gasteiger partial charge is 0.254 e. The van der Waals surface area contributed by atoms with E-state index in [-0.39, 0.29) is 5.91 Å². The molecule has 0 fully saturated rings. The lowest BCUT2D eigenvalue weighted by molar-refractivity contribution is -0.128. The molecule has 0 spiro atoms. The van der Waals surface area contributed by atoms with E-state index >= 15 is 0 Å². The molecular weight excluding hydrogens is 316 g/mol. The fourth-order valence-electron chi connectivity index (χ4n) is 3.01. The number of aromatic nitrogens is 2. The molecule has 1 aromatic carbocycles. The lowest BCUT2D eigenvalue weighted by atomic mass is 10.1. The molecule has 0 aliphatic carbocycles. The van der Waals surface area contributed by atoms with E-state index in [4.69, 9.17) is 4.74 Å². The van der Waals surface area contributed by atoms with Crippen molar-refractivity contribution in [3.05, 3.63) is 71.6 Å². The Bertz CT molecular complexity index is 823. The summed E-state index contributed by atoms with van der Waals surface area (Å²) in [5, 5.41) is 7.55. The molecule has 2 aliphatic rings. The molecule has 1 amide bonds. The first-order valence-corrected chi connectivity index (χ1v) is 8.42. The van der Waals surface area contributed by atoms with Crippen molar-refractivity contribution in [2.75, 3.05) is 13.1 Å². The zero-order valence-corrected chi connectivity index (χ0v) is 13.9. The number of fused-ring (bicyclic) bond motifs is 1. The van der Waals surface area contributed by atoms with Crippen molar-refractivity contribution in [2.45, 2.75) is 19.7 Å². The summed E-state index contributed by atoms with van der Waals surface area (Å²) in [5.74, 6) is 0.672. The van der Waals surface area contributed by atoms with E-state index in [0.717, 1.165) is 16.8 Å². The van der Waals surface area contributed by atoms with Gasteiger partial charge in [-0.15, -0.1) is 5.10 Å². The molecule has 0 unspecified atom stereocenters. The van der Waals surface area contributed by atoms with Crippen LogP contribution in [-0.4, -0.2) is 33.7 Å². The predicted octanol–water partition coefficient (Wildman–Crippen LogP) is 1.85. The van der Waals surface area contributed by atoms with Crippen molar-refractivity contribution in [3.8, 4) is 5.88 Å². The van der Waals surface area contributed by atoms with E-state index in [9.17, 15) is 4.79 Å². The van der Waals surface area contributed by atoms with Gasteiger partial charge in [0, 0.05) is 24.7 Å². The fraction of sp³-hybridized carbons (Fsp3) is 0.263. The Kier molecular flexibility index (Phi) is 4.24. The Balaban J connectivity index is 1.41. The van der Waals surface area contributed by atoms with Crippen LogP contribution in [0.1, 0.15) is 11.3 Å². The van der Waals surface area contributed by atoms with Gasteiger partial charge in [0.25, 0.3) is 5.91 Å². The van der Waals surface area contributed by atoms with Crippen molar-refractivity contribution in [3.63, 3.8) is 0 Å². The molecule has 1 N–H and O–H groups in total. The second-order valence-corrected chi connectivity index (χ2v) is 6.10. The van der Waals surface area contributed by atoms with E-state index in [1.54, 1.807) is 0 Å². The number of hydrogen-bond acceptors (Lipinski definition) is 4. The van der Waals surface area contributed by atoms with Crippen molar-refractivity contribution < 1.29 is 9.53 Å². The third-order valence-electron chi connectivity index (χ3n) is 4.36. The highest BCUT2D eigenvalue weighted by Crippen LogP contribution is 2.20. The highest BCUT2D eigenvalue weighted by Gasteiger charge is 2.24. The second kappa shape index (κ2) is 6.84. The van der Waals surface area contributed by atoms with E-state index in [1.165, 1.54) is 0 Å². The van der Waals surface area contributed by atoms with Gasteiger partial charge in [0.05, 0.1) is 18.8 Å². The Morgan fingerprint density at radius 1 is 1.24 bits per heavy atom. The third-order valence-corrected chi connectivity index (χ3v) is 4.36. The first-order valence-electron chi connectivity index (χ1n) is 8.42. The topological polar surface area (TPSA) is 59.4 Å². The molecule has 3 heterocycles. The van der Waals surface area contributed by atoms with Crippen LogP contribution in [0.2, 0.25) is 0 Å². The lowest BCUT2D eigenvalue weighted by Gasteiger charge is -2.28. The number of ether oxygens (including phenoxy) is 1. The molecular formula is C19H20N4O2. The molecule has 128 valence electrons. The Labute approximate surface area is 146 Å². The molecule has 0 bridgehead atoms. The first kappa shape index (κ1) is 15.5. The number of carbonyl (C=O) groups is 1. The van der Waals surface area contributed by atoms with Crippen molar-refractivity contribution in [1.82, 2.24) is 20.0 Å². The first-order chi connectivity index (χ1) is 12.3. The summed E-state index contributed by atoms with van der Waals surface area (Å²) in [4.78, 5) is 14.5. The molecule has 0 atom stereocenters. The van der Waals surface area contributed by atoms with Gasteiger partial charge < -0.3 is 15.0 Å². The minimum absolute atomic E-state index is 0.0666. The van der Waals surface area contributed by atoms with Gasteiger partial charge in [-0.3, -0.25) is 9.48 Å². The number of amides is 1. The molecule has 0 radical (unpaired) electrons. The van der Waals surface area contributed by atoms with E-state index in [0.29, 0.717) is 38.7 Å². The molecule has 4 rings (SSSR count). The minimum Gasteiger partial charge on any atom is -0.472 e. The van der Waals surface area contributed by atoms with Gasteiger partial charge in [0.2, 0.25) is 5.88 Å². The number of hydrogen-bond donors (Lipinski definition) is 1. The molecule has 2 aliphatic heterocycles. The molecule has 1 aromatic heterocycles. The summed E-state index contributed by atoms with van der Waals surface area (Å²) < 4.78 is 7.72. The van der Waals surface area contributed by atoms with Crippen LogP contribution in [0.4, 0.5) is 0 Å². The maximum atomic E-state index is 12.6. The summed E-state index contributed by atoms with van der Waals surface area (Å²) in [6.45, 7) is 3.08. The van der Waals surface area contributed by atoms with Gasteiger partial charge >= 0.3 is 0 Å². The van der Waals surface area contributed by atoms with E-state index < -0.39 is 0 Å². The lowest BCUT2D eigenvalue weighted by Crippen LogP contribution is -2.39. The average molecular weight is 336 g/mol. The SMILES string of the molecule is O=C(C1=CCNC=C1)N1CCn2nc(OCc3ccccc3)cc2C1. The molecule has 6 heteroatoms. The average Bonchev–Trinajstić information content (AvgIpc) is 3.09. The van der Waals surface area contributed by atoms with Gasteiger partial charge in [-0.2, -0.15) is 0 Å². The van der Waals surface area contributed by atoms with Crippen molar-refractivity contribution >= 4 is 5.91 Å². The highest BCUT2D eigenvalue weighted by molar-refractivity contribution is 5.96. The van der Waals surface area contributed by atoms with Crippen molar-refractivity contribution in [2.24, 2.45) is 0 Å². The Morgan fingerprint density at radius 3 is 2.92 bits per heavy atom. The summed E-state index contributed by atoms with van der Waals surface area (Å²) in [7, 11) is 0. The van der Waals surface area contributed by atoms with Crippen LogP contribution in [-0.2, 0) is 24.5 Å². The fourth-order valence-corrected chi connectivity index (χ4v) is 3.01. The van der Waals surface area contributed by atoms with Gasteiger partial charge in [0.15, 0.2) is 0 Å². The van der Waals surface area contributed by atoms with Crippen LogP contribution < -0.4 is 10.1 Å². The minimum atomic E-state index is 0.0666. The summed E-state index contributed by atoms with van der Waals surface area (Å²) in [6.07, 6.45) is 5.56. The molecule has 6 nitrogen and oxygen atoms in total. The predicted molar refractivity (Wildman–Crippen MR) is 93.6 cm³/mol. The van der Waals surface area contributed by atoms with Gasteiger partial charge in [-0.05, 0) is 17.8 Å². The highest BCUT2D eigenvalue weighted by atomic mass is 16.5.